The molecule has 1 fully saturated rings. The van der Waals surface area contributed by atoms with Gasteiger partial charge in [0.2, 0.25) is 0 Å². The van der Waals surface area contributed by atoms with E-state index < -0.39 is 0 Å². The molecule has 1 aromatic carbocycles. The number of likely N-dealkylation sites (tertiary alicyclic amines) is 1. The zero-order valence-electron chi connectivity index (χ0n) is 11.2. The second kappa shape index (κ2) is 6.26. The van der Waals surface area contributed by atoms with Crippen molar-refractivity contribution in [3.8, 4) is 5.75 Å². The molecule has 0 aromatic heterocycles. The van der Waals surface area contributed by atoms with Crippen LogP contribution in [0.4, 0.5) is 0 Å². The van der Waals surface area contributed by atoms with Gasteiger partial charge in [-0.25, -0.2) is 0 Å². The topological polar surface area (TPSA) is 73.1 Å². The number of hydrogen-bond donors (Lipinski definition) is 2. The highest BCUT2D eigenvalue weighted by Gasteiger charge is 2.29. The Morgan fingerprint density at radius 1 is 1.55 bits per heavy atom. The Labute approximate surface area is 126 Å². The third-order valence-electron chi connectivity index (χ3n) is 3.65. The molecule has 1 unspecified atom stereocenters. The average molecular weight is 341 g/mol. The highest BCUT2D eigenvalue weighted by atomic mass is 79.9. The summed E-state index contributed by atoms with van der Waals surface area (Å²) in [4.78, 5) is 14.2. The molecule has 20 heavy (non-hydrogen) atoms. The Kier molecular flexibility index (Phi) is 4.65. The molecule has 1 atom stereocenters. The van der Waals surface area contributed by atoms with Crippen LogP contribution in [-0.4, -0.2) is 39.9 Å². The van der Waals surface area contributed by atoms with E-state index in [1.54, 1.807) is 17.0 Å². The van der Waals surface area contributed by atoms with Crippen LogP contribution in [0.25, 0.3) is 0 Å². The summed E-state index contributed by atoms with van der Waals surface area (Å²) in [6.45, 7) is 3.02. The highest BCUT2D eigenvalue weighted by Crippen LogP contribution is 2.26. The van der Waals surface area contributed by atoms with Gasteiger partial charge in [0.05, 0.1) is 11.3 Å². The first kappa shape index (κ1) is 14.8. The number of nitrogens with zero attached hydrogens (tertiary/aromatic N) is 2. The molecule has 2 N–H and O–H groups in total. The van der Waals surface area contributed by atoms with Crippen molar-refractivity contribution in [2.45, 2.75) is 19.8 Å². The minimum Gasteiger partial charge on any atom is -0.507 e. The van der Waals surface area contributed by atoms with Crippen LogP contribution in [-0.2, 0) is 0 Å². The van der Waals surface area contributed by atoms with Crippen molar-refractivity contribution in [2.75, 3.05) is 13.1 Å². The number of phenolic OH excluding ortho intramolecular Hbond substituents is 1. The SMILES string of the molecule is CCC1CN(C(=O)c2cc(Br)ccc2O)CC/C1=N\O. The quantitative estimate of drug-likeness (QED) is 0.642. The first-order valence-electron chi connectivity index (χ1n) is 6.55. The van der Waals surface area contributed by atoms with Gasteiger partial charge in [-0.2, -0.15) is 0 Å². The molecule has 1 heterocycles. The summed E-state index contributed by atoms with van der Waals surface area (Å²) in [5.74, 6) is -0.140. The maximum absolute atomic E-state index is 12.5. The van der Waals surface area contributed by atoms with Gasteiger partial charge >= 0.3 is 0 Å². The monoisotopic (exact) mass is 340 g/mol. The third kappa shape index (κ3) is 2.95. The van der Waals surface area contributed by atoms with E-state index in [0.29, 0.717) is 25.1 Å². The lowest BCUT2D eigenvalue weighted by Gasteiger charge is -2.33. The zero-order chi connectivity index (χ0) is 14.7. The number of amides is 1. The summed E-state index contributed by atoms with van der Waals surface area (Å²) in [5.41, 5.74) is 1.04. The van der Waals surface area contributed by atoms with E-state index >= 15 is 0 Å². The van der Waals surface area contributed by atoms with Gasteiger partial charge in [0.1, 0.15) is 5.75 Å². The van der Waals surface area contributed by atoms with Gasteiger partial charge in [-0.3, -0.25) is 4.79 Å². The number of carbonyl (C=O) groups excluding carboxylic acids is 1. The Morgan fingerprint density at radius 3 is 2.95 bits per heavy atom. The molecule has 1 aliphatic rings. The molecule has 0 spiro atoms. The van der Waals surface area contributed by atoms with Crippen LogP contribution in [0.5, 0.6) is 5.75 Å². The summed E-state index contributed by atoms with van der Waals surface area (Å²) in [6.07, 6.45) is 1.38. The number of phenols is 1. The van der Waals surface area contributed by atoms with E-state index in [-0.39, 0.29) is 17.6 Å². The summed E-state index contributed by atoms with van der Waals surface area (Å²) in [6, 6.07) is 4.81. The van der Waals surface area contributed by atoms with Crippen LogP contribution in [0.1, 0.15) is 30.1 Å². The standard InChI is InChI=1S/C14H17BrN2O3/c1-2-9-8-17(6-5-12(9)16-20)14(19)11-7-10(15)3-4-13(11)18/h3-4,7,9,18,20H,2,5-6,8H2,1H3/b16-12+. The number of benzene rings is 1. The molecule has 2 rings (SSSR count). The smallest absolute Gasteiger partial charge is 0.257 e. The average Bonchev–Trinajstić information content (AvgIpc) is 2.48. The van der Waals surface area contributed by atoms with Crippen molar-refractivity contribution in [1.29, 1.82) is 0 Å². The zero-order valence-corrected chi connectivity index (χ0v) is 12.8. The van der Waals surface area contributed by atoms with Gasteiger partial charge in [-0.1, -0.05) is 28.0 Å². The van der Waals surface area contributed by atoms with Crippen LogP contribution < -0.4 is 0 Å². The second-order valence-electron chi connectivity index (χ2n) is 4.86. The van der Waals surface area contributed by atoms with E-state index in [4.69, 9.17) is 5.21 Å². The third-order valence-corrected chi connectivity index (χ3v) is 4.14. The van der Waals surface area contributed by atoms with Gasteiger partial charge < -0.3 is 15.2 Å². The Bertz CT molecular complexity index is 545. The maximum atomic E-state index is 12.5. The van der Waals surface area contributed by atoms with Crippen molar-refractivity contribution in [1.82, 2.24) is 4.90 Å². The van der Waals surface area contributed by atoms with Crippen LogP contribution in [0, 0.1) is 5.92 Å². The molecule has 0 saturated carbocycles. The van der Waals surface area contributed by atoms with E-state index in [1.165, 1.54) is 6.07 Å². The van der Waals surface area contributed by atoms with Gasteiger partial charge in [-0.05, 0) is 24.6 Å². The van der Waals surface area contributed by atoms with E-state index in [9.17, 15) is 9.90 Å². The molecule has 108 valence electrons. The number of carbonyl (C=O) groups is 1. The summed E-state index contributed by atoms with van der Waals surface area (Å²) >= 11 is 3.30. The molecule has 0 radical (unpaired) electrons. The number of aromatic hydroxyl groups is 1. The number of rotatable bonds is 2. The molecule has 1 aliphatic heterocycles. The summed E-state index contributed by atoms with van der Waals surface area (Å²) < 4.78 is 0.750. The fraction of sp³-hybridized carbons (Fsp3) is 0.429. The Hall–Kier alpha value is -1.56. The first-order chi connectivity index (χ1) is 9.56. The van der Waals surface area contributed by atoms with Crippen molar-refractivity contribution >= 4 is 27.5 Å². The lowest BCUT2D eigenvalue weighted by molar-refractivity contribution is 0.0726. The van der Waals surface area contributed by atoms with Crippen molar-refractivity contribution in [3.05, 3.63) is 28.2 Å². The minimum absolute atomic E-state index is 0.0205. The highest BCUT2D eigenvalue weighted by molar-refractivity contribution is 9.10. The summed E-state index contributed by atoms with van der Waals surface area (Å²) in [7, 11) is 0. The number of oxime groups is 1. The number of hydrogen-bond acceptors (Lipinski definition) is 4. The molecular formula is C14H17BrN2O3. The van der Waals surface area contributed by atoms with E-state index in [1.807, 2.05) is 6.92 Å². The first-order valence-corrected chi connectivity index (χ1v) is 7.34. The molecule has 0 aliphatic carbocycles. The van der Waals surface area contributed by atoms with Crippen molar-refractivity contribution in [3.63, 3.8) is 0 Å². The van der Waals surface area contributed by atoms with Crippen LogP contribution in [0.3, 0.4) is 0 Å². The van der Waals surface area contributed by atoms with Gasteiger partial charge in [-0.15, -0.1) is 0 Å². The van der Waals surface area contributed by atoms with E-state index in [0.717, 1.165) is 16.6 Å². The minimum atomic E-state index is -0.195. The van der Waals surface area contributed by atoms with Crippen molar-refractivity contribution in [2.24, 2.45) is 11.1 Å². The Morgan fingerprint density at radius 2 is 2.30 bits per heavy atom. The van der Waals surface area contributed by atoms with Crippen LogP contribution >= 0.6 is 15.9 Å². The molecule has 1 aromatic rings. The van der Waals surface area contributed by atoms with Crippen molar-refractivity contribution < 1.29 is 15.1 Å². The lowest BCUT2D eigenvalue weighted by Crippen LogP contribution is -2.44. The van der Waals surface area contributed by atoms with Gasteiger partial charge in [0.25, 0.3) is 5.91 Å². The molecular weight excluding hydrogens is 324 g/mol. The second-order valence-corrected chi connectivity index (χ2v) is 5.77. The van der Waals surface area contributed by atoms with Crippen LogP contribution in [0.15, 0.2) is 27.8 Å². The molecule has 0 bridgehead atoms. The fourth-order valence-corrected chi connectivity index (χ4v) is 2.81. The number of halogens is 1. The molecule has 6 heteroatoms. The molecule has 1 amide bonds. The maximum Gasteiger partial charge on any atom is 0.257 e. The van der Waals surface area contributed by atoms with E-state index in [2.05, 4.69) is 21.1 Å². The van der Waals surface area contributed by atoms with Crippen LogP contribution in [0.2, 0.25) is 0 Å². The lowest BCUT2D eigenvalue weighted by atomic mass is 9.93. The molecule has 1 saturated heterocycles. The fourth-order valence-electron chi connectivity index (χ4n) is 2.45. The number of piperidine rings is 1. The predicted octanol–water partition coefficient (Wildman–Crippen LogP) is 2.86. The molecule has 5 nitrogen and oxygen atoms in total. The normalized spacial score (nSPS) is 21.2. The largest absolute Gasteiger partial charge is 0.507 e. The van der Waals surface area contributed by atoms with Gasteiger partial charge in [0, 0.05) is 29.9 Å². The Balaban J connectivity index is 2.20. The summed E-state index contributed by atoms with van der Waals surface area (Å²) in [5, 5.41) is 22.1. The predicted molar refractivity (Wildman–Crippen MR) is 79.3 cm³/mol. The van der Waals surface area contributed by atoms with Gasteiger partial charge in [0.15, 0.2) is 0 Å².